The first-order chi connectivity index (χ1) is 9.69. The zero-order chi connectivity index (χ0) is 14.4. The van der Waals surface area contributed by atoms with E-state index >= 15 is 0 Å². The van der Waals surface area contributed by atoms with Crippen LogP contribution in [0.5, 0.6) is 5.75 Å². The van der Waals surface area contributed by atoms with Crippen LogP contribution in [0.25, 0.3) is 0 Å². The molecule has 1 amide bonds. The number of hydrogen-bond donors (Lipinski definition) is 3. The van der Waals surface area contributed by atoms with Crippen molar-refractivity contribution in [3.05, 3.63) is 24.3 Å². The van der Waals surface area contributed by atoms with Crippen LogP contribution in [0.1, 0.15) is 6.42 Å². The van der Waals surface area contributed by atoms with Crippen LogP contribution in [-0.2, 0) is 0 Å². The van der Waals surface area contributed by atoms with E-state index in [9.17, 15) is 4.79 Å². The molecule has 6 heteroatoms. The van der Waals surface area contributed by atoms with E-state index in [0.717, 1.165) is 30.9 Å². The summed E-state index contributed by atoms with van der Waals surface area (Å²) < 4.78 is 5.10. The molecule has 6 nitrogen and oxygen atoms in total. The molecule has 0 spiro atoms. The molecule has 1 heterocycles. The monoisotopic (exact) mass is 279 g/mol. The average Bonchev–Trinajstić information content (AvgIpc) is 2.48. The van der Waals surface area contributed by atoms with Gasteiger partial charge in [0.1, 0.15) is 5.75 Å². The lowest BCUT2D eigenvalue weighted by Crippen LogP contribution is -2.52. The molecule has 110 valence electrons. The number of piperazine rings is 1. The van der Waals surface area contributed by atoms with Crippen molar-refractivity contribution >= 4 is 11.8 Å². The highest BCUT2D eigenvalue weighted by atomic mass is 16.5. The van der Waals surface area contributed by atoms with E-state index in [1.807, 2.05) is 24.3 Å². The maximum absolute atomic E-state index is 10.9. The SMILES string of the molecule is COc1ccc(NCC[C@@H]2CN(C(=O)O)CCN2)cc1. The van der Waals surface area contributed by atoms with Crippen molar-refractivity contribution in [1.29, 1.82) is 0 Å². The lowest BCUT2D eigenvalue weighted by atomic mass is 10.1. The lowest BCUT2D eigenvalue weighted by molar-refractivity contribution is 0.128. The smallest absolute Gasteiger partial charge is 0.407 e. The van der Waals surface area contributed by atoms with Crippen LogP contribution in [0.15, 0.2) is 24.3 Å². The first kappa shape index (κ1) is 14.5. The van der Waals surface area contributed by atoms with Gasteiger partial charge in [0, 0.05) is 37.9 Å². The number of ether oxygens (including phenoxy) is 1. The molecule has 1 aromatic carbocycles. The Kier molecular flexibility index (Phi) is 5.06. The number of rotatable bonds is 5. The van der Waals surface area contributed by atoms with Crippen LogP contribution in [0.4, 0.5) is 10.5 Å². The van der Waals surface area contributed by atoms with Gasteiger partial charge in [0.25, 0.3) is 0 Å². The summed E-state index contributed by atoms with van der Waals surface area (Å²) in [6, 6.07) is 7.97. The molecule has 1 fully saturated rings. The topological polar surface area (TPSA) is 73.8 Å². The van der Waals surface area contributed by atoms with Gasteiger partial charge in [0.05, 0.1) is 7.11 Å². The summed E-state index contributed by atoms with van der Waals surface area (Å²) in [5.41, 5.74) is 1.04. The minimum Gasteiger partial charge on any atom is -0.497 e. The molecule has 1 aliphatic rings. The number of hydrogen-bond acceptors (Lipinski definition) is 4. The Labute approximate surface area is 118 Å². The van der Waals surface area contributed by atoms with Crippen LogP contribution in [0.2, 0.25) is 0 Å². The van der Waals surface area contributed by atoms with Crippen molar-refractivity contribution < 1.29 is 14.6 Å². The first-order valence-corrected chi connectivity index (χ1v) is 6.78. The molecule has 0 bridgehead atoms. The normalized spacial score (nSPS) is 18.6. The van der Waals surface area contributed by atoms with Crippen LogP contribution < -0.4 is 15.4 Å². The van der Waals surface area contributed by atoms with E-state index in [0.29, 0.717) is 13.1 Å². The number of nitrogens with one attached hydrogen (secondary N) is 2. The van der Waals surface area contributed by atoms with Crippen molar-refractivity contribution in [2.75, 3.05) is 38.6 Å². The van der Waals surface area contributed by atoms with Crippen molar-refractivity contribution in [1.82, 2.24) is 10.2 Å². The predicted octanol–water partition coefficient (Wildman–Crippen LogP) is 1.45. The Bertz CT molecular complexity index is 436. The minimum absolute atomic E-state index is 0.214. The van der Waals surface area contributed by atoms with Crippen molar-refractivity contribution in [3.63, 3.8) is 0 Å². The fourth-order valence-corrected chi connectivity index (χ4v) is 2.29. The zero-order valence-corrected chi connectivity index (χ0v) is 11.6. The zero-order valence-electron chi connectivity index (χ0n) is 11.6. The van der Waals surface area contributed by atoms with E-state index in [1.54, 1.807) is 7.11 Å². The molecule has 1 atom stereocenters. The molecular formula is C14H21N3O3. The molecule has 20 heavy (non-hydrogen) atoms. The Morgan fingerprint density at radius 1 is 1.50 bits per heavy atom. The number of methoxy groups -OCH3 is 1. The summed E-state index contributed by atoms with van der Waals surface area (Å²) in [7, 11) is 1.64. The number of carbonyl (C=O) groups is 1. The Hall–Kier alpha value is -1.95. The number of nitrogens with zero attached hydrogens (tertiary/aromatic N) is 1. The number of amides is 1. The van der Waals surface area contributed by atoms with Gasteiger partial charge in [0.15, 0.2) is 0 Å². The maximum atomic E-state index is 10.9. The minimum atomic E-state index is -0.834. The molecular weight excluding hydrogens is 258 g/mol. The number of anilines is 1. The predicted molar refractivity (Wildman–Crippen MR) is 77.5 cm³/mol. The third kappa shape index (κ3) is 4.03. The van der Waals surface area contributed by atoms with E-state index in [4.69, 9.17) is 9.84 Å². The largest absolute Gasteiger partial charge is 0.497 e. The highest BCUT2D eigenvalue weighted by Crippen LogP contribution is 2.15. The van der Waals surface area contributed by atoms with Crippen molar-refractivity contribution in [2.45, 2.75) is 12.5 Å². The molecule has 0 saturated carbocycles. The molecule has 0 aliphatic carbocycles. The maximum Gasteiger partial charge on any atom is 0.407 e. The molecule has 1 aliphatic heterocycles. The summed E-state index contributed by atoms with van der Waals surface area (Å²) in [6.07, 6.45) is 0.0510. The van der Waals surface area contributed by atoms with Gasteiger partial charge in [-0.2, -0.15) is 0 Å². The highest BCUT2D eigenvalue weighted by molar-refractivity contribution is 5.65. The fourth-order valence-electron chi connectivity index (χ4n) is 2.29. The van der Waals surface area contributed by atoms with Gasteiger partial charge >= 0.3 is 6.09 Å². The van der Waals surface area contributed by atoms with E-state index in [1.165, 1.54) is 4.90 Å². The average molecular weight is 279 g/mol. The number of benzene rings is 1. The molecule has 2 rings (SSSR count). The third-order valence-corrected chi connectivity index (χ3v) is 3.44. The molecule has 1 saturated heterocycles. The van der Waals surface area contributed by atoms with Crippen LogP contribution >= 0.6 is 0 Å². The summed E-state index contributed by atoms with van der Waals surface area (Å²) in [6.45, 7) is 2.65. The highest BCUT2D eigenvalue weighted by Gasteiger charge is 2.21. The van der Waals surface area contributed by atoms with E-state index in [-0.39, 0.29) is 6.04 Å². The van der Waals surface area contributed by atoms with Gasteiger partial charge < -0.3 is 25.4 Å². The van der Waals surface area contributed by atoms with E-state index in [2.05, 4.69) is 10.6 Å². The van der Waals surface area contributed by atoms with Crippen molar-refractivity contribution in [2.24, 2.45) is 0 Å². The van der Waals surface area contributed by atoms with Gasteiger partial charge in [-0.05, 0) is 30.7 Å². The van der Waals surface area contributed by atoms with E-state index < -0.39 is 6.09 Å². The Balaban J connectivity index is 1.73. The number of carboxylic acid groups (broad SMARTS) is 1. The summed E-state index contributed by atoms with van der Waals surface area (Å²) in [4.78, 5) is 12.4. The summed E-state index contributed by atoms with van der Waals surface area (Å²) in [5.74, 6) is 0.835. The standard InChI is InChI=1S/C14H21N3O3/c1-20-13-4-2-11(3-5-13)15-7-6-12-10-17(14(18)19)9-8-16-12/h2-5,12,15-16H,6-10H2,1H3,(H,18,19)/t12-/m1/s1. The first-order valence-electron chi connectivity index (χ1n) is 6.78. The summed E-state index contributed by atoms with van der Waals surface area (Å²) >= 11 is 0. The van der Waals surface area contributed by atoms with Gasteiger partial charge in [0.2, 0.25) is 0 Å². The molecule has 0 unspecified atom stereocenters. The molecule has 3 N–H and O–H groups in total. The van der Waals surface area contributed by atoms with Crippen LogP contribution in [0.3, 0.4) is 0 Å². The second-order valence-electron chi connectivity index (χ2n) is 4.82. The third-order valence-electron chi connectivity index (χ3n) is 3.44. The van der Waals surface area contributed by atoms with Gasteiger partial charge in [-0.15, -0.1) is 0 Å². The fraction of sp³-hybridized carbons (Fsp3) is 0.500. The van der Waals surface area contributed by atoms with Crippen molar-refractivity contribution in [3.8, 4) is 5.75 Å². The van der Waals surface area contributed by atoms with Crippen LogP contribution in [0, 0.1) is 0 Å². The Morgan fingerprint density at radius 3 is 2.90 bits per heavy atom. The molecule has 0 radical (unpaired) electrons. The van der Waals surface area contributed by atoms with Crippen LogP contribution in [-0.4, -0.2) is 55.4 Å². The second-order valence-corrected chi connectivity index (χ2v) is 4.82. The quantitative estimate of drug-likeness (QED) is 0.761. The second kappa shape index (κ2) is 7.00. The Morgan fingerprint density at radius 2 is 2.25 bits per heavy atom. The van der Waals surface area contributed by atoms with Gasteiger partial charge in [-0.3, -0.25) is 0 Å². The van der Waals surface area contributed by atoms with Gasteiger partial charge in [-0.1, -0.05) is 0 Å². The summed E-state index contributed by atoms with van der Waals surface area (Å²) in [5, 5.41) is 15.6. The van der Waals surface area contributed by atoms with Gasteiger partial charge in [-0.25, -0.2) is 4.79 Å². The molecule has 0 aromatic heterocycles. The molecule has 1 aromatic rings. The lowest BCUT2D eigenvalue weighted by Gasteiger charge is -2.31.